The van der Waals surface area contributed by atoms with Gasteiger partial charge in [0.25, 0.3) is 5.69 Å². The first-order chi connectivity index (χ1) is 16.5. The van der Waals surface area contributed by atoms with E-state index in [9.17, 15) is 19.7 Å². The number of carbonyl (C=O) groups excluding carboxylic acids is 2. The molecule has 8 heteroatoms. The third-order valence-corrected chi connectivity index (χ3v) is 7.16. The number of nitrogens with one attached hydrogen (secondary N) is 1. The lowest BCUT2D eigenvalue weighted by Gasteiger charge is -2.32. The number of hydrogen-bond acceptors (Lipinski definition) is 5. The van der Waals surface area contributed by atoms with E-state index in [1.807, 2.05) is 37.3 Å². The molecule has 0 bridgehead atoms. The van der Waals surface area contributed by atoms with Crippen LogP contribution in [0.2, 0.25) is 0 Å². The largest absolute Gasteiger partial charge is 0.352 e. The predicted molar refractivity (Wildman–Crippen MR) is 135 cm³/mol. The van der Waals surface area contributed by atoms with Crippen LogP contribution in [0, 0.1) is 10.1 Å². The Labute approximate surface area is 205 Å². The minimum absolute atomic E-state index is 0.0497. The quantitative estimate of drug-likeness (QED) is 0.355. The fourth-order valence-electron chi connectivity index (χ4n) is 4.30. The monoisotopic (exact) mass is 483 g/mol. The van der Waals surface area contributed by atoms with Crippen molar-refractivity contribution in [2.24, 2.45) is 0 Å². The molecule has 34 heavy (non-hydrogen) atoms. The zero-order valence-corrected chi connectivity index (χ0v) is 20.5. The van der Waals surface area contributed by atoms with Crippen molar-refractivity contribution in [3.05, 3.63) is 75.8 Å². The van der Waals surface area contributed by atoms with Crippen molar-refractivity contribution in [1.29, 1.82) is 0 Å². The summed E-state index contributed by atoms with van der Waals surface area (Å²) in [6, 6.07) is 15.8. The van der Waals surface area contributed by atoms with Crippen LogP contribution in [-0.4, -0.2) is 39.5 Å². The first kappa shape index (κ1) is 25.7. The van der Waals surface area contributed by atoms with Crippen LogP contribution < -0.4 is 5.32 Å². The topological polar surface area (TPSA) is 92.6 Å². The number of rotatable bonds is 11. The highest BCUT2D eigenvalue weighted by Crippen LogP contribution is 2.21. The molecule has 1 atom stereocenters. The molecule has 2 amide bonds. The third kappa shape index (κ3) is 7.58. The molecule has 0 saturated heterocycles. The number of thioether (sulfide) groups is 1. The molecule has 0 heterocycles. The highest BCUT2D eigenvalue weighted by atomic mass is 32.2. The summed E-state index contributed by atoms with van der Waals surface area (Å²) in [6.45, 7) is 2.33. The van der Waals surface area contributed by atoms with Crippen LogP contribution in [0.1, 0.15) is 56.6 Å². The van der Waals surface area contributed by atoms with Crippen LogP contribution >= 0.6 is 11.8 Å². The summed E-state index contributed by atoms with van der Waals surface area (Å²) in [5, 5.41) is 14.0. The van der Waals surface area contributed by atoms with E-state index in [2.05, 4.69) is 5.32 Å². The Kier molecular flexibility index (Phi) is 9.94. The second kappa shape index (κ2) is 13.1. The molecule has 1 fully saturated rings. The molecule has 0 aromatic heterocycles. The molecule has 2 aromatic rings. The standard InChI is InChI=1S/C26H33N3O4S/c1-2-24(26(31)27-22-11-7-4-8-12-22)28(17-20-9-5-3-6-10-20)25(30)19-34-18-21-13-15-23(16-14-21)29(32)33/h3,5-6,9-10,13-16,22,24H,2,4,7-8,11-12,17-19H2,1H3,(H,27,31)/t24-/m1/s1. The van der Waals surface area contributed by atoms with Gasteiger partial charge in [-0.3, -0.25) is 19.7 Å². The first-order valence-corrected chi connectivity index (χ1v) is 13.1. The molecule has 7 nitrogen and oxygen atoms in total. The van der Waals surface area contributed by atoms with Crippen molar-refractivity contribution < 1.29 is 14.5 Å². The molecular formula is C26H33N3O4S. The van der Waals surface area contributed by atoms with Gasteiger partial charge in [-0.25, -0.2) is 0 Å². The Morgan fingerprint density at radius 3 is 2.35 bits per heavy atom. The van der Waals surface area contributed by atoms with Gasteiger partial charge in [0.05, 0.1) is 10.7 Å². The van der Waals surface area contributed by atoms with Gasteiger partial charge in [0.2, 0.25) is 11.8 Å². The summed E-state index contributed by atoms with van der Waals surface area (Å²) in [6.07, 6.45) is 6.03. The minimum Gasteiger partial charge on any atom is -0.352 e. The van der Waals surface area contributed by atoms with Crippen LogP contribution in [0.5, 0.6) is 0 Å². The SMILES string of the molecule is CC[C@H](C(=O)NC1CCCCC1)N(Cc1ccccc1)C(=O)CSCc1ccc([N+](=O)[O-])cc1. The van der Waals surface area contributed by atoms with E-state index in [1.54, 1.807) is 17.0 Å². The summed E-state index contributed by atoms with van der Waals surface area (Å²) < 4.78 is 0. The summed E-state index contributed by atoms with van der Waals surface area (Å²) in [5.74, 6) is 0.644. The van der Waals surface area contributed by atoms with Gasteiger partial charge in [-0.15, -0.1) is 11.8 Å². The van der Waals surface area contributed by atoms with Gasteiger partial charge in [0.1, 0.15) is 6.04 Å². The van der Waals surface area contributed by atoms with Crippen LogP contribution in [-0.2, 0) is 21.9 Å². The van der Waals surface area contributed by atoms with Crippen LogP contribution in [0.15, 0.2) is 54.6 Å². The zero-order valence-electron chi connectivity index (χ0n) is 19.7. The number of non-ortho nitro benzene ring substituents is 1. The van der Waals surface area contributed by atoms with Gasteiger partial charge in [-0.2, -0.15) is 0 Å². The Morgan fingerprint density at radius 1 is 1.06 bits per heavy atom. The minimum atomic E-state index is -0.519. The molecule has 0 spiro atoms. The summed E-state index contributed by atoms with van der Waals surface area (Å²) in [5.41, 5.74) is 1.95. The van der Waals surface area contributed by atoms with Crippen molar-refractivity contribution in [3.8, 4) is 0 Å². The molecule has 0 unspecified atom stereocenters. The summed E-state index contributed by atoms with van der Waals surface area (Å²) >= 11 is 1.45. The second-order valence-corrected chi connectivity index (χ2v) is 9.68. The number of hydrogen-bond donors (Lipinski definition) is 1. The number of nitrogens with zero attached hydrogens (tertiary/aromatic N) is 2. The maximum atomic E-state index is 13.3. The second-order valence-electron chi connectivity index (χ2n) is 8.69. The van der Waals surface area contributed by atoms with Gasteiger partial charge in [-0.1, -0.05) is 68.7 Å². The molecule has 2 aromatic carbocycles. The fourth-order valence-corrected chi connectivity index (χ4v) is 5.17. The van der Waals surface area contributed by atoms with Gasteiger partial charge >= 0.3 is 0 Å². The summed E-state index contributed by atoms with van der Waals surface area (Å²) in [7, 11) is 0. The Morgan fingerprint density at radius 2 is 1.74 bits per heavy atom. The van der Waals surface area contributed by atoms with Gasteiger partial charge in [0.15, 0.2) is 0 Å². The van der Waals surface area contributed by atoms with Crippen molar-refractivity contribution in [2.45, 2.75) is 69.8 Å². The van der Waals surface area contributed by atoms with Crippen molar-refractivity contribution in [3.63, 3.8) is 0 Å². The van der Waals surface area contributed by atoms with Crippen LogP contribution in [0.4, 0.5) is 5.69 Å². The van der Waals surface area contributed by atoms with Crippen molar-refractivity contribution in [1.82, 2.24) is 10.2 Å². The van der Waals surface area contributed by atoms with Crippen molar-refractivity contribution >= 4 is 29.3 Å². The number of carbonyl (C=O) groups is 2. The number of benzene rings is 2. The Balaban J connectivity index is 1.65. The van der Waals surface area contributed by atoms with E-state index in [1.165, 1.54) is 30.3 Å². The van der Waals surface area contributed by atoms with Gasteiger partial charge < -0.3 is 10.2 Å². The zero-order chi connectivity index (χ0) is 24.3. The molecule has 0 radical (unpaired) electrons. The fraction of sp³-hybridized carbons (Fsp3) is 0.462. The summed E-state index contributed by atoms with van der Waals surface area (Å²) in [4.78, 5) is 38.6. The number of nitro benzene ring substituents is 1. The average molecular weight is 484 g/mol. The molecule has 182 valence electrons. The molecule has 1 aliphatic rings. The lowest BCUT2D eigenvalue weighted by atomic mass is 9.95. The first-order valence-electron chi connectivity index (χ1n) is 11.9. The van der Waals surface area contributed by atoms with E-state index < -0.39 is 11.0 Å². The molecule has 3 rings (SSSR count). The van der Waals surface area contributed by atoms with Gasteiger partial charge in [0, 0.05) is 30.5 Å². The van der Waals surface area contributed by atoms with E-state index >= 15 is 0 Å². The highest BCUT2D eigenvalue weighted by molar-refractivity contribution is 7.99. The van der Waals surface area contributed by atoms with Crippen molar-refractivity contribution in [2.75, 3.05) is 5.75 Å². The average Bonchev–Trinajstić information content (AvgIpc) is 2.85. The normalized spacial score (nSPS) is 14.9. The number of amides is 2. The highest BCUT2D eigenvalue weighted by Gasteiger charge is 2.30. The van der Waals surface area contributed by atoms with E-state index in [4.69, 9.17) is 0 Å². The van der Waals surface area contributed by atoms with E-state index in [-0.39, 0.29) is 29.3 Å². The van der Waals surface area contributed by atoms with E-state index in [0.717, 1.165) is 36.8 Å². The maximum absolute atomic E-state index is 13.3. The van der Waals surface area contributed by atoms with E-state index in [0.29, 0.717) is 18.7 Å². The van der Waals surface area contributed by atoms with Gasteiger partial charge in [-0.05, 0) is 30.4 Å². The molecule has 0 aliphatic heterocycles. The molecule has 1 aliphatic carbocycles. The molecule has 1 N–H and O–H groups in total. The smallest absolute Gasteiger partial charge is 0.269 e. The lowest BCUT2D eigenvalue weighted by molar-refractivity contribution is -0.384. The Hall–Kier alpha value is -2.87. The third-order valence-electron chi connectivity index (χ3n) is 6.17. The predicted octanol–water partition coefficient (Wildman–Crippen LogP) is 5.08. The van der Waals surface area contributed by atoms with Crippen LogP contribution in [0.3, 0.4) is 0 Å². The number of nitro groups is 1. The van der Waals surface area contributed by atoms with Crippen LogP contribution in [0.25, 0.3) is 0 Å². The molecular weight excluding hydrogens is 450 g/mol. The Bertz CT molecular complexity index is 946. The lowest BCUT2D eigenvalue weighted by Crippen LogP contribution is -2.52. The molecule has 1 saturated carbocycles. The maximum Gasteiger partial charge on any atom is 0.269 e.